The summed E-state index contributed by atoms with van der Waals surface area (Å²) in [5.74, 6) is -4.87. The van der Waals surface area contributed by atoms with Crippen molar-refractivity contribution in [3.05, 3.63) is 42.0 Å². The van der Waals surface area contributed by atoms with Crippen LogP contribution in [0.5, 0.6) is 0 Å². The van der Waals surface area contributed by atoms with Crippen LogP contribution in [0.1, 0.15) is 38.7 Å². The summed E-state index contributed by atoms with van der Waals surface area (Å²) in [4.78, 5) is 85.9. The Hall–Kier alpha value is -4.49. The van der Waals surface area contributed by atoms with Crippen LogP contribution in [0.4, 0.5) is 15.3 Å². The number of nitrogens with one attached hydrogen (secondary N) is 4. The summed E-state index contributed by atoms with van der Waals surface area (Å²) in [5.41, 5.74) is 6.01. The third-order valence-corrected chi connectivity index (χ3v) is 7.90. The highest BCUT2D eigenvalue weighted by atomic mass is 32.2. The number of benzene rings is 1. The minimum Gasteiger partial charge on any atom is -0.453 e. The van der Waals surface area contributed by atoms with Crippen LogP contribution in [0, 0.1) is 5.92 Å². The molecular weight excluding hydrogens is 648 g/mol. The number of hydrogen-bond donors (Lipinski definition) is 7. The molecule has 0 bridgehead atoms. The van der Waals surface area contributed by atoms with Crippen molar-refractivity contribution < 1.29 is 51.3 Å². The number of nitrogens with zero attached hydrogens (tertiary/aromatic N) is 1. The van der Waals surface area contributed by atoms with E-state index in [-0.39, 0.29) is 26.0 Å². The minimum absolute atomic E-state index is 0.00612. The summed E-state index contributed by atoms with van der Waals surface area (Å²) in [7, 11) is -5.04. The Bertz CT molecular complexity index is 1450. The van der Waals surface area contributed by atoms with Crippen molar-refractivity contribution in [2.45, 2.75) is 57.1 Å². The molecule has 1 aliphatic rings. The lowest BCUT2D eigenvalue weighted by molar-refractivity contribution is -0.137. The van der Waals surface area contributed by atoms with E-state index in [0.29, 0.717) is 16.2 Å². The largest absolute Gasteiger partial charge is 0.453 e. The zero-order valence-corrected chi connectivity index (χ0v) is 26.6. The first kappa shape index (κ1) is 37.7. The first-order valence-corrected chi connectivity index (χ1v) is 15.8. The molecule has 2 rings (SSSR count). The predicted molar refractivity (Wildman–Crippen MR) is 166 cm³/mol. The van der Waals surface area contributed by atoms with Gasteiger partial charge in [-0.2, -0.15) is 8.42 Å². The van der Waals surface area contributed by atoms with Crippen molar-refractivity contribution >= 4 is 69.3 Å². The van der Waals surface area contributed by atoms with Crippen LogP contribution < -0.4 is 27.0 Å². The molecule has 1 aromatic carbocycles. The van der Waals surface area contributed by atoms with Crippen molar-refractivity contribution in [3.63, 3.8) is 0 Å². The number of primary amides is 1. The number of carbonyl (C=O) groups is 7. The molecule has 0 unspecified atom stereocenters. The quantitative estimate of drug-likeness (QED) is 0.0373. The fourth-order valence-electron chi connectivity index (χ4n) is 4.20. The van der Waals surface area contributed by atoms with Gasteiger partial charge >= 0.3 is 11.3 Å². The van der Waals surface area contributed by atoms with Crippen LogP contribution in [0.25, 0.3) is 0 Å². The van der Waals surface area contributed by atoms with Gasteiger partial charge in [0.05, 0.1) is 0 Å². The highest BCUT2D eigenvalue weighted by Crippen LogP contribution is 2.15. The van der Waals surface area contributed by atoms with Gasteiger partial charge in [-0.15, -0.1) is 0 Å². The summed E-state index contributed by atoms with van der Waals surface area (Å²) in [6, 6.07) is 2.83. The molecule has 1 aliphatic heterocycles. The van der Waals surface area contributed by atoms with Gasteiger partial charge in [-0.1, -0.05) is 38.6 Å². The van der Waals surface area contributed by atoms with Gasteiger partial charge < -0.3 is 31.7 Å². The second kappa shape index (κ2) is 17.3. The average molecular weight is 685 g/mol. The van der Waals surface area contributed by atoms with Crippen LogP contribution in [-0.2, 0) is 45.4 Å². The molecule has 0 fully saturated rings. The first-order valence-electron chi connectivity index (χ1n) is 13.9. The monoisotopic (exact) mass is 684 g/mol. The zero-order chi connectivity index (χ0) is 34.6. The van der Waals surface area contributed by atoms with Gasteiger partial charge in [0, 0.05) is 30.9 Å². The molecule has 7 N–H and O–H groups in total. The topological polar surface area (TPSA) is 260 Å². The standard InChI is InChI=1S/C27H36N6O11S2/c1-15(2)22(32-24(37)19(46(41,42)43)11-13-33-20(34)9-10-21(33)35)25(38)31-18(4-3-12-29-26(28)39)23(36)30-17-7-5-16(6-8-17)14-44-27(40)45/h5-10,15,18-19,22H,3-4,11-14H2,1-2H3,(H,30,36)(H,31,38)(H,32,37)(H,40,45)(H3,28,29,39)(H,41,42,43)/t18-,19-,22-/m0/s1. The fourth-order valence-corrected chi connectivity index (χ4v) is 5.01. The van der Waals surface area contributed by atoms with Crippen molar-refractivity contribution in [3.8, 4) is 0 Å². The molecule has 19 heteroatoms. The minimum atomic E-state index is -5.04. The number of urea groups is 1. The summed E-state index contributed by atoms with van der Waals surface area (Å²) in [6.45, 7) is 2.61. The maximum Gasteiger partial charge on any atom is 0.364 e. The van der Waals surface area contributed by atoms with Crippen molar-refractivity contribution in [2.24, 2.45) is 11.7 Å². The SMILES string of the molecule is CC(C)[C@H](NC(=O)[C@H](CCN1C(=O)C=CC1=O)S(=O)(=O)O)C(=O)N[C@@H](CCCNC(N)=O)C(=O)Nc1ccc(COC(=O)S)cc1. The highest BCUT2D eigenvalue weighted by molar-refractivity contribution is 7.96. The number of ether oxygens (including phenoxy) is 1. The molecular formula is C27H36N6O11S2. The van der Waals surface area contributed by atoms with E-state index in [0.717, 1.165) is 12.2 Å². The van der Waals surface area contributed by atoms with Gasteiger partial charge in [0.25, 0.3) is 21.9 Å². The molecule has 7 amide bonds. The van der Waals surface area contributed by atoms with Crippen LogP contribution in [0.15, 0.2) is 36.4 Å². The van der Waals surface area contributed by atoms with Crippen LogP contribution in [0.3, 0.4) is 0 Å². The molecule has 0 saturated heterocycles. The second-order valence-electron chi connectivity index (χ2n) is 10.4. The average Bonchev–Trinajstić information content (AvgIpc) is 3.28. The lowest BCUT2D eigenvalue weighted by Crippen LogP contribution is -2.56. The molecule has 3 atom stereocenters. The number of imide groups is 1. The van der Waals surface area contributed by atoms with Gasteiger partial charge in [0.2, 0.25) is 17.7 Å². The van der Waals surface area contributed by atoms with Crippen molar-refractivity contribution in [1.82, 2.24) is 20.9 Å². The van der Waals surface area contributed by atoms with Crippen LogP contribution in [0.2, 0.25) is 0 Å². The normalized spacial score (nSPS) is 14.8. The van der Waals surface area contributed by atoms with Crippen LogP contribution >= 0.6 is 12.6 Å². The smallest absolute Gasteiger partial charge is 0.364 e. The second-order valence-corrected chi connectivity index (χ2v) is 12.4. The van der Waals surface area contributed by atoms with Crippen LogP contribution in [-0.4, -0.2) is 89.2 Å². The molecule has 0 radical (unpaired) electrons. The number of amides is 7. The van der Waals surface area contributed by atoms with E-state index < -0.39 is 87.2 Å². The van der Waals surface area contributed by atoms with E-state index in [1.807, 2.05) is 0 Å². The molecule has 17 nitrogen and oxygen atoms in total. The first-order chi connectivity index (χ1) is 21.5. The lowest BCUT2D eigenvalue weighted by Gasteiger charge is -2.27. The zero-order valence-electron chi connectivity index (χ0n) is 24.9. The Balaban J connectivity index is 2.17. The van der Waals surface area contributed by atoms with Gasteiger partial charge in [0.15, 0.2) is 5.25 Å². The Morgan fingerprint density at radius 3 is 2.09 bits per heavy atom. The maximum absolute atomic E-state index is 13.4. The molecule has 46 heavy (non-hydrogen) atoms. The molecule has 0 aromatic heterocycles. The van der Waals surface area contributed by atoms with Crippen molar-refractivity contribution in [1.29, 1.82) is 0 Å². The summed E-state index contributed by atoms with van der Waals surface area (Å²) in [6.07, 6.45) is 1.50. The number of hydrogen-bond acceptors (Lipinski definition) is 10. The molecule has 252 valence electrons. The third-order valence-electron chi connectivity index (χ3n) is 6.60. The molecule has 0 spiro atoms. The van der Waals surface area contributed by atoms with Gasteiger partial charge in [-0.05, 0) is 42.9 Å². The number of thiol groups is 1. The molecule has 0 saturated carbocycles. The Kier molecular flexibility index (Phi) is 14.2. The number of anilines is 1. The van der Waals surface area contributed by atoms with Crippen molar-refractivity contribution in [2.75, 3.05) is 18.4 Å². The van der Waals surface area contributed by atoms with E-state index in [4.69, 9.17) is 10.5 Å². The fraction of sp³-hybridized carbons (Fsp3) is 0.444. The number of rotatable bonds is 17. The molecule has 0 aliphatic carbocycles. The third kappa shape index (κ3) is 12.1. The summed E-state index contributed by atoms with van der Waals surface area (Å²) >= 11 is 3.52. The molecule has 1 aromatic rings. The lowest BCUT2D eigenvalue weighted by atomic mass is 10.0. The van der Waals surface area contributed by atoms with Gasteiger partial charge in [-0.25, -0.2) is 9.59 Å². The predicted octanol–water partition coefficient (Wildman–Crippen LogP) is -0.163. The molecule has 1 heterocycles. The van der Waals surface area contributed by atoms with Gasteiger partial charge in [-0.3, -0.25) is 33.4 Å². The van der Waals surface area contributed by atoms with E-state index in [1.165, 1.54) is 12.1 Å². The van der Waals surface area contributed by atoms with E-state index in [2.05, 4.69) is 33.9 Å². The number of nitrogens with two attached hydrogens (primary N) is 1. The Morgan fingerprint density at radius 2 is 1.57 bits per heavy atom. The Labute approximate surface area is 270 Å². The van der Waals surface area contributed by atoms with E-state index >= 15 is 0 Å². The summed E-state index contributed by atoms with van der Waals surface area (Å²) in [5, 5.41) is 6.92. The number of carbonyl (C=O) groups excluding carboxylic acids is 7. The summed E-state index contributed by atoms with van der Waals surface area (Å²) < 4.78 is 38.6. The maximum atomic E-state index is 13.4. The highest BCUT2D eigenvalue weighted by Gasteiger charge is 2.37. The van der Waals surface area contributed by atoms with E-state index in [9.17, 15) is 46.5 Å². The van der Waals surface area contributed by atoms with E-state index in [1.54, 1.807) is 26.0 Å². The van der Waals surface area contributed by atoms with Gasteiger partial charge in [0.1, 0.15) is 18.7 Å². The Morgan fingerprint density at radius 1 is 0.957 bits per heavy atom.